The molecule has 1 aromatic carbocycles. The van der Waals surface area contributed by atoms with Gasteiger partial charge in [0, 0.05) is 38.3 Å². The number of hydrogen-bond acceptors (Lipinski definition) is 4. The largest absolute Gasteiger partial charge is 0.484 e. The summed E-state index contributed by atoms with van der Waals surface area (Å²) in [5.74, 6) is 0.728. The lowest BCUT2D eigenvalue weighted by atomic mass is 9.94. The zero-order valence-corrected chi connectivity index (χ0v) is 15.7. The molecule has 0 aromatic heterocycles. The fourth-order valence-electron chi connectivity index (χ4n) is 3.76. The van der Waals surface area contributed by atoms with Crippen LogP contribution in [0.1, 0.15) is 26.7 Å². The minimum absolute atomic E-state index is 0.0198. The maximum Gasteiger partial charge on any atom is 0.260 e. The van der Waals surface area contributed by atoms with Crippen molar-refractivity contribution < 1.29 is 14.3 Å². The molecule has 6 heteroatoms. The first-order chi connectivity index (χ1) is 12.6. The van der Waals surface area contributed by atoms with Gasteiger partial charge in [-0.3, -0.25) is 9.59 Å². The number of likely N-dealkylation sites (tertiary alicyclic amines) is 1. The van der Waals surface area contributed by atoms with Gasteiger partial charge in [-0.1, -0.05) is 18.2 Å². The molecule has 0 bridgehead atoms. The molecule has 2 saturated heterocycles. The maximum atomic E-state index is 13.0. The standard InChI is InChI=1S/C20H29N3O3/c1-15-16(2)23(12-10-21-15)20(25)17-7-6-11-22(13-17)19(24)14-26-18-8-4-3-5-9-18/h3-5,8-9,15-17,21H,6-7,10-14H2,1-2H3. The zero-order valence-electron chi connectivity index (χ0n) is 15.7. The monoisotopic (exact) mass is 359 g/mol. The molecule has 3 unspecified atom stereocenters. The molecule has 142 valence electrons. The summed E-state index contributed by atoms with van der Waals surface area (Å²) in [5, 5.41) is 3.40. The summed E-state index contributed by atoms with van der Waals surface area (Å²) < 4.78 is 5.57. The molecule has 6 nitrogen and oxygen atoms in total. The van der Waals surface area contributed by atoms with Crippen LogP contribution in [0.5, 0.6) is 5.75 Å². The summed E-state index contributed by atoms with van der Waals surface area (Å²) in [6.45, 7) is 7.00. The van der Waals surface area contributed by atoms with E-state index in [-0.39, 0.29) is 30.4 Å². The predicted molar refractivity (Wildman–Crippen MR) is 99.9 cm³/mol. The first-order valence-corrected chi connectivity index (χ1v) is 9.55. The molecule has 2 aliphatic heterocycles. The lowest BCUT2D eigenvalue weighted by molar-refractivity contribution is -0.144. The van der Waals surface area contributed by atoms with Gasteiger partial charge in [0.05, 0.1) is 5.92 Å². The molecule has 2 heterocycles. The highest BCUT2D eigenvalue weighted by Gasteiger charge is 2.35. The number of ether oxygens (including phenoxy) is 1. The van der Waals surface area contributed by atoms with E-state index in [0.717, 1.165) is 25.9 Å². The van der Waals surface area contributed by atoms with Crippen molar-refractivity contribution in [3.05, 3.63) is 30.3 Å². The van der Waals surface area contributed by atoms with E-state index in [1.165, 1.54) is 0 Å². The van der Waals surface area contributed by atoms with E-state index in [2.05, 4.69) is 19.2 Å². The predicted octanol–water partition coefficient (Wildman–Crippen LogP) is 1.51. The van der Waals surface area contributed by atoms with Crippen molar-refractivity contribution >= 4 is 11.8 Å². The number of piperidine rings is 1. The van der Waals surface area contributed by atoms with Crippen molar-refractivity contribution in [3.63, 3.8) is 0 Å². The normalized spacial score (nSPS) is 26.5. The summed E-state index contributed by atoms with van der Waals surface area (Å²) in [4.78, 5) is 29.3. The third-order valence-corrected chi connectivity index (χ3v) is 5.55. The molecule has 0 saturated carbocycles. The molecule has 2 aliphatic rings. The molecule has 3 atom stereocenters. The Balaban J connectivity index is 1.54. The molecule has 1 aromatic rings. The van der Waals surface area contributed by atoms with E-state index in [9.17, 15) is 9.59 Å². The quantitative estimate of drug-likeness (QED) is 0.885. The number of nitrogens with zero attached hydrogens (tertiary/aromatic N) is 2. The van der Waals surface area contributed by atoms with Gasteiger partial charge in [-0.25, -0.2) is 0 Å². The van der Waals surface area contributed by atoms with Crippen molar-refractivity contribution in [2.24, 2.45) is 5.92 Å². The number of benzene rings is 1. The highest BCUT2D eigenvalue weighted by molar-refractivity contribution is 5.82. The second kappa shape index (κ2) is 8.54. The van der Waals surface area contributed by atoms with Crippen molar-refractivity contribution in [1.82, 2.24) is 15.1 Å². The Morgan fingerprint density at radius 2 is 1.96 bits per heavy atom. The molecular formula is C20H29N3O3. The van der Waals surface area contributed by atoms with Gasteiger partial charge in [-0.2, -0.15) is 0 Å². The summed E-state index contributed by atoms with van der Waals surface area (Å²) in [6.07, 6.45) is 1.72. The van der Waals surface area contributed by atoms with Crippen molar-refractivity contribution in [3.8, 4) is 5.75 Å². The first-order valence-electron chi connectivity index (χ1n) is 9.55. The molecule has 2 amide bonds. The summed E-state index contributed by atoms with van der Waals surface area (Å²) in [7, 11) is 0. The van der Waals surface area contributed by atoms with Crippen LogP contribution in [0, 0.1) is 5.92 Å². The molecule has 0 spiro atoms. The Kier molecular flexibility index (Phi) is 6.14. The second-order valence-corrected chi connectivity index (χ2v) is 7.30. The Morgan fingerprint density at radius 3 is 2.73 bits per heavy atom. The van der Waals surface area contributed by atoms with Gasteiger partial charge in [-0.05, 0) is 38.8 Å². The smallest absolute Gasteiger partial charge is 0.260 e. The average Bonchev–Trinajstić information content (AvgIpc) is 2.68. The highest BCUT2D eigenvalue weighted by atomic mass is 16.5. The third kappa shape index (κ3) is 4.36. The van der Waals surface area contributed by atoms with Crippen LogP contribution in [0.2, 0.25) is 0 Å². The number of piperazine rings is 1. The van der Waals surface area contributed by atoms with E-state index in [0.29, 0.717) is 24.9 Å². The first kappa shape index (κ1) is 18.7. The van der Waals surface area contributed by atoms with Crippen LogP contribution in [0.15, 0.2) is 30.3 Å². The zero-order chi connectivity index (χ0) is 18.5. The van der Waals surface area contributed by atoms with Crippen molar-refractivity contribution in [2.75, 3.05) is 32.8 Å². The molecule has 0 aliphatic carbocycles. The minimum Gasteiger partial charge on any atom is -0.484 e. The Bertz CT molecular complexity index is 622. The van der Waals surface area contributed by atoms with Crippen LogP contribution in [0.3, 0.4) is 0 Å². The van der Waals surface area contributed by atoms with E-state index >= 15 is 0 Å². The van der Waals surface area contributed by atoms with Crippen molar-refractivity contribution in [1.29, 1.82) is 0 Å². The lowest BCUT2D eigenvalue weighted by Crippen LogP contribution is -2.59. The summed E-state index contributed by atoms with van der Waals surface area (Å²) in [6, 6.07) is 9.83. The topological polar surface area (TPSA) is 61.9 Å². The average molecular weight is 359 g/mol. The van der Waals surface area contributed by atoms with E-state index in [1.54, 1.807) is 4.90 Å². The second-order valence-electron chi connectivity index (χ2n) is 7.30. The number of rotatable bonds is 4. The van der Waals surface area contributed by atoms with Crippen LogP contribution in [-0.2, 0) is 9.59 Å². The summed E-state index contributed by atoms with van der Waals surface area (Å²) in [5.41, 5.74) is 0. The van der Waals surface area contributed by atoms with E-state index in [1.807, 2.05) is 35.2 Å². The van der Waals surface area contributed by atoms with Gasteiger partial charge in [0.25, 0.3) is 5.91 Å². The fourth-order valence-corrected chi connectivity index (χ4v) is 3.76. The number of nitrogens with one attached hydrogen (secondary N) is 1. The SMILES string of the molecule is CC1NCCN(C(=O)C2CCCN(C(=O)COc3ccccc3)C2)C1C. The molecular weight excluding hydrogens is 330 g/mol. The molecule has 3 rings (SSSR count). The number of carbonyl (C=O) groups excluding carboxylic acids is 2. The Morgan fingerprint density at radius 1 is 1.19 bits per heavy atom. The van der Waals surface area contributed by atoms with Crippen LogP contribution in [-0.4, -0.2) is 66.5 Å². The highest BCUT2D eigenvalue weighted by Crippen LogP contribution is 2.22. The number of para-hydroxylation sites is 1. The maximum absolute atomic E-state index is 13.0. The van der Waals surface area contributed by atoms with E-state index in [4.69, 9.17) is 4.74 Å². The van der Waals surface area contributed by atoms with Crippen LogP contribution in [0.25, 0.3) is 0 Å². The molecule has 2 fully saturated rings. The Labute approximate surface area is 155 Å². The van der Waals surface area contributed by atoms with E-state index < -0.39 is 0 Å². The summed E-state index contributed by atoms with van der Waals surface area (Å²) >= 11 is 0. The van der Waals surface area contributed by atoms with Gasteiger partial charge in [-0.15, -0.1) is 0 Å². The number of carbonyl (C=O) groups is 2. The minimum atomic E-state index is -0.0998. The molecule has 1 N–H and O–H groups in total. The van der Waals surface area contributed by atoms with Crippen LogP contribution >= 0.6 is 0 Å². The molecule has 0 radical (unpaired) electrons. The lowest BCUT2D eigenvalue weighted by Gasteiger charge is -2.42. The van der Waals surface area contributed by atoms with Gasteiger partial charge >= 0.3 is 0 Å². The van der Waals surface area contributed by atoms with Crippen LogP contribution in [0.4, 0.5) is 0 Å². The number of hydrogen-bond donors (Lipinski definition) is 1. The van der Waals surface area contributed by atoms with Crippen LogP contribution < -0.4 is 10.1 Å². The van der Waals surface area contributed by atoms with Crippen molar-refractivity contribution in [2.45, 2.75) is 38.8 Å². The third-order valence-electron chi connectivity index (χ3n) is 5.55. The molecule has 26 heavy (non-hydrogen) atoms. The van der Waals surface area contributed by atoms with Gasteiger partial charge in [0.15, 0.2) is 6.61 Å². The van der Waals surface area contributed by atoms with Gasteiger partial charge in [0.2, 0.25) is 5.91 Å². The number of amides is 2. The van der Waals surface area contributed by atoms with Gasteiger partial charge in [0.1, 0.15) is 5.75 Å². The van der Waals surface area contributed by atoms with Gasteiger partial charge < -0.3 is 19.9 Å². The Hall–Kier alpha value is -2.08. The fraction of sp³-hybridized carbons (Fsp3) is 0.600.